The van der Waals surface area contributed by atoms with E-state index in [1.54, 1.807) is 19.2 Å². The molecule has 1 N–H and O–H groups in total. The van der Waals surface area contributed by atoms with Crippen LogP contribution in [0.15, 0.2) is 58.2 Å². The molecule has 1 aliphatic rings. The van der Waals surface area contributed by atoms with E-state index in [1.807, 2.05) is 29.2 Å². The first-order valence-electron chi connectivity index (χ1n) is 9.81. The SMILES string of the molecule is Cc1noc(-c2ccc([C@H]3CN(c4nc(-c5ccncn5)cc(=O)[nH]4)CCO3)cc2)n1. The Morgan fingerprint density at radius 2 is 2.00 bits per heavy atom. The summed E-state index contributed by atoms with van der Waals surface area (Å²) in [6, 6.07) is 11.0. The molecule has 0 radical (unpaired) electrons. The minimum atomic E-state index is -0.235. The lowest BCUT2D eigenvalue weighted by atomic mass is 10.1. The number of ether oxygens (including phenoxy) is 1. The van der Waals surface area contributed by atoms with Crippen molar-refractivity contribution < 1.29 is 9.26 Å². The number of morpholine rings is 1. The fourth-order valence-electron chi connectivity index (χ4n) is 3.47. The maximum absolute atomic E-state index is 12.2. The molecule has 1 aliphatic heterocycles. The zero-order valence-corrected chi connectivity index (χ0v) is 16.7. The van der Waals surface area contributed by atoms with Gasteiger partial charge in [0.05, 0.1) is 24.5 Å². The van der Waals surface area contributed by atoms with Crippen molar-refractivity contribution in [3.8, 4) is 22.8 Å². The Bertz CT molecular complexity index is 1240. The number of nitrogens with one attached hydrogen (secondary N) is 1. The Morgan fingerprint density at radius 3 is 2.74 bits per heavy atom. The second kappa shape index (κ2) is 8.07. The van der Waals surface area contributed by atoms with Crippen molar-refractivity contribution in [3.05, 3.63) is 70.7 Å². The molecule has 31 heavy (non-hydrogen) atoms. The van der Waals surface area contributed by atoms with Crippen molar-refractivity contribution in [1.82, 2.24) is 30.1 Å². The number of aryl methyl sites for hydroxylation is 1. The van der Waals surface area contributed by atoms with Crippen LogP contribution in [0.1, 0.15) is 17.5 Å². The fourth-order valence-corrected chi connectivity index (χ4v) is 3.47. The van der Waals surface area contributed by atoms with Crippen LogP contribution in [-0.2, 0) is 4.74 Å². The Balaban J connectivity index is 1.37. The van der Waals surface area contributed by atoms with E-state index in [4.69, 9.17) is 9.26 Å². The van der Waals surface area contributed by atoms with E-state index in [2.05, 4.69) is 30.1 Å². The van der Waals surface area contributed by atoms with Gasteiger partial charge in [0.25, 0.3) is 11.4 Å². The smallest absolute Gasteiger partial charge is 0.257 e. The Hall–Kier alpha value is -3.92. The third-order valence-corrected chi connectivity index (χ3v) is 5.00. The lowest BCUT2D eigenvalue weighted by molar-refractivity contribution is 0.0392. The molecule has 0 aliphatic carbocycles. The summed E-state index contributed by atoms with van der Waals surface area (Å²) >= 11 is 0. The molecular formula is C21H19N7O3. The average molecular weight is 417 g/mol. The second-order valence-electron chi connectivity index (χ2n) is 7.12. The molecule has 0 bridgehead atoms. The fraction of sp³-hybridized carbons (Fsp3) is 0.238. The minimum absolute atomic E-state index is 0.166. The van der Waals surface area contributed by atoms with Crippen molar-refractivity contribution in [2.24, 2.45) is 0 Å². The molecule has 1 fully saturated rings. The first-order valence-corrected chi connectivity index (χ1v) is 9.81. The maximum Gasteiger partial charge on any atom is 0.257 e. The van der Waals surface area contributed by atoms with Crippen LogP contribution in [0.3, 0.4) is 0 Å². The normalized spacial score (nSPS) is 16.4. The van der Waals surface area contributed by atoms with Gasteiger partial charge < -0.3 is 14.2 Å². The minimum Gasteiger partial charge on any atom is -0.370 e. The van der Waals surface area contributed by atoms with Gasteiger partial charge >= 0.3 is 0 Å². The van der Waals surface area contributed by atoms with Crippen molar-refractivity contribution in [3.63, 3.8) is 0 Å². The number of H-pyrrole nitrogens is 1. The Labute approximate surface area is 177 Å². The molecule has 10 nitrogen and oxygen atoms in total. The number of hydrogen-bond donors (Lipinski definition) is 1. The van der Waals surface area contributed by atoms with Crippen LogP contribution in [0.25, 0.3) is 22.8 Å². The molecule has 5 rings (SSSR count). The largest absolute Gasteiger partial charge is 0.370 e. The maximum atomic E-state index is 12.2. The molecule has 156 valence electrons. The molecule has 0 unspecified atom stereocenters. The van der Waals surface area contributed by atoms with E-state index >= 15 is 0 Å². The van der Waals surface area contributed by atoms with E-state index < -0.39 is 0 Å². The average Bonchev–Trinajstić information content (AvgIpc) is 3.26. The van der Waals surface area contributed by atoms with E-state index in [9.17, 15) is 4.79 Å². The highest BCUT2D eigenvalue weighted by molar-refractivity contribution is 5.55. The summed E-state index contributed by atoms with van der Waals surface area (Å²) in [7, 11) is 0. The van der Waals surface area contributed by atoms with Crippen LogP contribution >= 0.6 is 0 Å². The lowest BCUT2D eigenvalue weighted by Gasteiger charge is -2.33. The van der Waals surface area contributed by atoms with Crippen LogP contribution in [0, 0.1) is 6.92 Å². The van der Waals surface area contributed by atoms with Crippen molar-refractivity contribution in [2.45, 2.75) is 13.0 Å². The zero-order chi connectivity index (χ0) is 21.2. The monoisotopic (exact) mass is 417 g/mol. The Morgan fingerprint density at radius 1 is 1.13 bits per heavy atom. The molecule has 1 aromatic carbocycles. The summed E-state index contributed by atoms with van der Waals surface area (Å²) in [5.74, 6) is 1.57. The molecule has 4 aromatic rings. The van der Waals surface area contributed by atoms with Crippen LogP contribution in [-0.4, -0.2) is 49.8 Å². The summed E-state index contributed by atoms with van der Waals surface area (Å²) in [6.07, 6.45) is 2.89. The number of hydrogen-bond acceptors (Lipinski definition) is 9. The molecule has 0 saturated carbocycles. The van der Waals surface area contributed by atoms with Gasteiger partial charge in [-0.3, -0.25) is 9.78 Å². The highest BCUT2D eigenvalue weighted by Gasteiger charge is 2.24. The predicted octanol–water partition coefficient (Wildman–Crippen LogP) is 2.16. The molecule has 1 atom stereocenters. The highest BCUT2D eigenvalue weighted by Crippen LogP contribution is 2.27. The number of aromatic amines is 1. The second-order valence-corrected chi connectivity index (χ2v) is 7.12. The molecular weight excluding hydrogens is 398 g/mol. The van der Waals surface area contributed by atoms with Crippen LogP contribution in [0.4, 0.5) is 5.95 Å². The van der Waals surface area contributed by atoms with Gasteiger partial charge in [-0.2, -0.15) is 4.98 Å². The van der Waals surface area contributed by atoms with Crippen molar-refractivity contribution in [2.75, 3.05) is 24.6 Å². The van der Waals surface area contributed by atoms with Gasteiger partial charge in [0.1, 0.15) is 12.4 Å². The van der Waals surface area contributed by atoms with Gasteiger partial charge in [0.2, 0.25) is 5.95 Å². The lowest BCUT2D eigenvalue weighted by Crippen LogP contribution is -2.40. The quantitative estimate of drug-likeness (QED) is 0.532. The van der Waals surface area contributed by atoms with Crippen LogP contribution in [0.2, 0.25) is 0 Å². The molecule has 0 amide bonds. The topological polar surface area (TPSA) is 123 Å². The first-order chi connectivity index (χ1) is 15.2. The zero-order valence-electron chi connectivity index (χ0n) is 16.7. The van der Waals surface area contributed by atoms with Crippen molar-refractivity contribution >= 4 is 5.95 Å². The summed E-state index contributed by atoms with van der Waals surface area (Å²) < 4.78 is 11.2. The summed E-state index contributed by atoms with van der Waals surface area (Å²) in [6.45, 7) is 3.46. The number of nitrogens with zero attached hydrogens (tertiary/aromatic N) is 6. The molecule has 3 aromatic heterocycles. The van der Waals surface area contributed by atoms with E-state index in [-0.39, 0.29) is 11.7 Å². The van der Waals surface area contributed by atoms with Gasteiger partial charge in [-0.15, -0.1) is 0 Å². The molecule has 1 saturated heterocycles. The Kier molecular flexibility index (Phi) is 4.97. The van der Waals surface area contributed by atoms with E-state index in [0.717, 1.165) is 11.1 Å². The third-order valence-electron chi connectivity index (χ3n) is 5.00. The molecule has 0 spiro atoms. The number of benzene rings is 1. The van der Waals surface area contributed by atoms with E-state index in [0.29, 0.717) is 48.7 Å². The third kappa shape index (κ3) is 4.05. The standard InChI is InChI=1S/C21H19N7O3/c1-13-24-20(31-27-13)15-4-2-14(3-5-15)18-11-28(8-9-30-18)21-25-17(10-19(29)26-21)16-6-7-22-12-23-16/h2-7,10,12,18H,8-9,11H2,1H3,(H,25,26,29)/t18-/m1/s1. The number of aromatic nitrogens is 6. The van der Waals surface area contributed by atoms with Crippen molar-refractivity contribution in [1.29, 1.82) is 0 Å². The van der Waals surface area contributed by atoms with Crippen LogP contribution in [0.5, 0.6) is 0 Å². The summed E-state index contributed by atoms with van der Waals surface area (Å²) in [5.41, 5.74) is 2.72. The van der Waals surface area contributed by atoms with Gasteiger partial charge in [-0.05, 0) is 30.7 Å². The first kappa shape index (κ1) is 19.1. The summed E-state index contributed by atoms with van der Waals surface area (Å²) in [4.78, 5) is 34.0. The highest BCUT2D eigenvalue weighted by atomic mass is 16.5. The predicted molar refractivity (Wildman–Crippen MR) is 111 cm³/mol. The molecule has 10 heteroatoms. The van der Waals surface area contributed by atoms with Gasteiger partial charge in [0, 0.05) is 24.4 Å². The van der Waals surface area contributed by atoms with Crippen LogP contribution < -0.4 is 10.5 Å². The number of anilines is 1. The van der Waals surface area contributed by atoms with E-state index in [1.165, 1.54) is 12.4 Å². The van der Waals surface area contributed by atoms with Gasteiger partial charge in [0.15, 0.2) is 5.82 Å². The van der Waals surface area contributed by atoms with Gasteiger partial charge in [-0.25, -0.2) is 15.0 Å². The molecule has 4 heterocycles. The van der Waals surface area contributed by atoms with Gasteiger partial charge in [-0.1, -0.05) is 17.3 Å². The number of rotatable bonds is 4. The summed E-state index contributed by atoms with van der Waals surface area (Å²) in [5, 5.41) is 3.82.